The molecular formula is C5H4F3N3O2. The van der Waals surface area contributed by atoms with Gasteiger partial charge in [-0.2, -0.15) is 0 Å². The molecule has 0 saturated heterocycles. The second-order valence-electron chi connectivity index (χ2n) is 2.16. The van der Waals surface area contributed by atoms with Crippen LogP contribution in [-0.4, -0.2) is 25.8 Å². The third-order valence-corrected chi connectivity index (χ3v) is 1.20. The van der Waals surface area contributed by atoms with E-state index in [1.54, 1.807) is 0 Å². The summed E-state index contributed by atoms with van der Waals surface area (Å²) in [5.41, 5.74) is 0. The average molecular weight is 195 g/mol. The molecule has 1 N–H and O–H groups in total. The van der Waals surface area contributed by atoms with Crippen molar-refractivity contribution >= 4 is 5.97 Å². The van der Waals surface area contributed by atoms with Crippen LogP contribution in [0.3, 0.4) is 0 Å². The molecule has 0 aliphatic rings. The zero-order valence-corrected chi connectivity index (χ0v) is 6.12. The summed E-state index contributed by atoms with van der Waals surface area (Å²) in [6.07, 6.45) is -5.05. The Morgan fingerprint density at radius 1 is 1.62 bits per heavy atom. The molecule has 1 aromatic rings. The first-order valence-corrected chi connectivity index (χ1v) is 3.09. The van der Waals surface area contributed by atoms with Crippen LogP contribution in [0.25, 0.3) is 0 Å². The van der Waals surface area contributed by atoms with Gasteiger partial charge in [0.05, 0.1) is 0 Å². The van der Waals surface area contributed by atoms with Gasteiger partial charge in [0.25, 0.3) is 0 Å². The van der Waals surface area contributed by atoms with Crippen molar-refractivity contribution in [2.75, 3.05) is 0 Å². The van der Waals surface area contributed by atoms with Crippen LogP contribution < -0.4 is 0 Å². The summed E-state index contributed by atoms with van der Waals surface area (Å²) in [7, 11) is 0. The maximum Gasteiger partial charge on any atom is 0.491 e. The van der Waals surface area contributed by atoms with E-state index in [4.69, 9.17) is 5.11 Å². The van der Waals surface area contributed by atoms with Gasteiger partial charge in [0.15, 0.2) is 5.82 Å². The van der Waals surface area contributed by atoms with Crippen LogP contribution in [0.5, 0.6) is 0 Å². The molecule has 0 radical (unpaired) electrons. The first-order chi connectivity index (χ1) is 5.91. The Balaban J connectivity index is 2.96. The number of nitrogens with zero attached hydrogens (tertiary/aromatic N) is 3. The van der Waals surface area contributed by atoms with Crippen LogP contribution in [0.15, 0.2) is 6.33 Å². The molecule has 8 heteroatoms. The lowest BCUT2D eigenvalue weighted by Gasteiger charge is -2.07. The van der Waals surface area contributed by atoms with Crippen LogP contribution in [0, 0.1) is 0 Å². The highest BCUT2D eigenvalue weighted by atomic mass is 19.4. The number of halogens is 3. The molecule has 0 fully saturated rings. The largest absolute Gasteiger partial charge is 0.491 e. The summed E-state index contributed by atoms with van der Waals surface area (Å²) in [4.78, 5) is 10.1. The number of aliphatic carboxylic acids is 1. The fourth-order valence-corrected chi connectivity index (χ4v) is 0.727. The van der Waals surface area contributed by atoms with Crippen LogP contribution in [0.1, 0.15) is 5.82 Å². The van der Waals surface area contributed by atoms with Gasteiger partial charge in [0, 0.05) is 0 Å². The van der Waals surface area contributed by atoms with Gasteiger partial charge in [-0.15, -0.1) is 23.4 Å². The Hall–Kier alpha value is -1.60. The highest BCUT2D eigenvalue weighted by Crippen LogP contribution is 2.22. The Kier molecular flexibility index (Phi) is 2.22. The van der Waals surface area contributed by atoms with Crippen molar-refractivity contribution in [3.05, 3.63) is 12.2 Å². The number of carboxylic acids is 1. The molecule has 0 amide bonds. The van der Waals surface area contributed by atoms with Gasteiger partial charge < -0.3 is 5.11 Å². The topological polar surface area (TPSA) is 68.0 Å². The van der Waals surface area contributed by atoms with Gasteiger partial charge in [0.1, 0.15) is 12.7 Å². The van der Waals surface area contributed by atoms with Crippen molar-refractivity contribution in [1.82, 2.24) is 14.8 Å². The van der Waals surface area contributed by atoms with Gasteiger partial charge in [-0.05, 0) is 0 Å². The first-order valence-electron chi connectivity index (χ1n) is 3.09. The highest BCUT2D eigenvalue weighted by molar-refractivity contribution is 5.68. The van der Waals surface area contributed by atoms with Crippen molar-refractivity contribution in [2.45, 2.75) is 12.7 Å². The molecular weight excluding hydrogens is 191 g/mol. The van der Waals surface area contributed by atoms with Crippen LogP contribution in [0.4, 0.5) is 13.2 Å². The number of hydrogen-bond donors (Lipinski definition) is 1. The van der Waals surface area contributed by atoms with Gasteiger partial charge in [0.2, 0.25) is 0 Å². The average Bonchev–Trinajstić information content (AvgIpc) is 2.31. The molecule has 0 spiro atoms. The van der Waals surface area contributed by atoms with Gasteiger partial charge >= 0.3 is 12.3 Å². The summed E-state index contributed by atoms with van der Waals surface area (Å²) >= 11 is 0. The van der Waals surface area contributed by atoms with Crippen LogP contribution in [-0.2, 0) is 17.5 Å². The third-order valence-electron chi connectivity index (χ3n) is 1.20. The number of carbonyl (C=O) groups is 1. The Morgan fingerprint density at radius 2 is 2.23 bits per heavy atom. The van der Waals surface area contributed by atoms with Gasteiger partial charge in [-0.25, -0.2) is 4.57 Å². The number of carboxylic acid groups (broad SMARTS) is 1. The summed E-state index contributed by atoms with van der Waals surface area (Å²) in [5, 5.41) is 14.2. The maximum absolute atomic E-state index is 12.0. The third kappa shape index (κ3) is 2.17. The van der Waals surface area contributed by atoms with Gasteiger partial charge in [-0.3, -0.25) is 4.79 Å². The van der Waals surface area contributed by atoms with E-state index >= 15 is 0 Å². The lowest BCUT2D eigenvalue weighted by Crippen LogP contribution is -2.20. The predicted octanol–water partition coefficient (Wildman–Crippen LogP) is 0.381. The highest BCUT2D eigenvalue weighted by Gasteiger charge is 2.33. The maximum atomic E-state index is 12.0. The second kappa shape index (κ2) is 3.04. The summed E-state index contributed by atoms with van der Waals surface area (Å²) in [5.74, 6) is -2.03. The minimum Gasteiger partial charge on any atom is -0.481 e. The number of alkyl halides is 3. The number of rotatable bonds is 2. The monoisotopic (exact) mass is 195 g/mol. The summed E-state index contributed by atoms with van der Waals surface area (Å²) in [6, 6.07) is 0. The predicted molar refractivity (Wildman–Crippen MR) is 32.7 cm³/mol. The molecule has 0 aromatic carbocycles. The van der Waals surface area contributed by atoms with Crippen molar-refractivity contribution in [2.24, 2.45) is 0 Å². The Labute approximate surface area is 69.8 Å². The molecule has 0 atom stereocenters. The quantitative estimate of drug-likeness (QED) is 0.740. The van der Waals surface area contributed by atoms with E-state index in [9.17, 15) is 18.0 Å². The van der Waals surface area contributed by atoms with E-state index < -0.39 is 24.5 Å². The van der Waals surface area contributed by atoms with E-state index in [-0.39, 0.29) is 4.57 Å². The Bertz CT molecular complexity index is 319. The van der Waals surface area contributed by atoms with Crippen molar-refractivity contribution in [1.29, 1.82) is 0 Å². The fraction of sp³-hybridized carbons (Fsp3) is 0.400. The molecule has 5 nitrogen and oxygen atoms in total. The molecule has 1 aromatic heterocycles. The second-order valence-corrected chi connectivity index (χ2v) is 2.16. The summed E-state index contributed by atoms with van der Waals surface area (Å²) in [6.45, 7) is 0. The van der Waals surface area contributed by atoms with Crippen molar-refractivity contribution < 1.29 is 23.1 Å². The van der Waals surface area contributed by atoms with E-state index in [2.05, 4.69) is 10.2 Å². The molecule has 0 bridgehead atoms. The molecule has 72 valence electrons. The van der Waals surface area contributed by atoms with Crippen LogP contribution in [0.2, 0.25) is 0 Å². The Morgan fingerprint density at radius 3 is 2.69 bits per heavy atom. The van der Waals surface area contributed by atoms with Crippen LogP contribution >= 0.6 is 0 Å². The van der Waals surface area contributed by atoms with Crippen molar-refractivity contribution in [3.8, 4) is 0 Å². The minimum absolute atomic E-state index is 0.235. The molecule has 13 heavy (non-hydrogen) atoms. The molecule has 0 unspecified atom stereocenters. The molecule has 1 heterocycles. The first kappa shape index (κ1) is 9.49. The standard InChI is InChI=1S/C5H4F3N3O2/c6-5(7,8)11-2-9-10-3(11)1-4(12)13/h2H,1H2,(H,12,13). The van der Waals surface area contributed by atoms with E-state index in [1.807, 2.05) is 0 Å². The van der Waals surface area contributed by atoms with E-state index in [0.717, 1.165) is 0 Å². The minimum atomic E-state index is -4.67. The van der Waals surface area contributed by atoms with Crippen molar-refractivity contribution in [3.63, 3.8) is 0 Å². The lowest BCUT2D eigenvalue weighted by atomic mass is 10.4. The normalized spacial score (nSPS) is 11.6. The fourth-order valence-electron chi connectivity index (χ4n) is 0.727. The molecule has 1 rings (SSSR count). The molecule has 0 aliphatic heterocycles. The molecule has 0 aliphatic carbocycles. The number of hydrogen-bond acceptors (Lipinski definition) is 3. The summed E-state index contributed by atoms with van der Waals surface area (Å²) < 4.78 is 35.8. The van der Waals surface area contributed by atoms with Gasteiger partial charge in [-0.1, -0.05) is 0 Å². The smallest absolute Gasteiger partial charge is 0.481 e. The lowest BCUT2D eigenvalue weighted by molar-refractivity contribution is -0.205. The molecule has 0 saturated carbocycles. The SMILES string of the molecule is O=C(O)Cc1nncn1C(F)(F)F. The zero-order valence-electron chi connectivity index (χ0n) is 6.12. The number of aromatic nitrogens is 3. The zero-order chi connectivity index (χ0) is 10.1. The van der Waals surface area contributed by atoms with E-state index in [1.165, 1.54) is 0 Å². The van der Waals surface area contributed by atoms with E-state index in [0.29, 0.717) is 6.33 Å².